The summed E-state index contributed by atoms with van der Waals surface area (Å²) in [4.78, 5) is 46.9. The number of halogens is 1. The molecule has 0 unspecified atom stereocenters. The molecule has 3 amide bonds. The molecular weight excluding hydrogens is 608 g/mol. The smallest absolute Gasteiger partial charge is 0.259 e. The highest BCUT2D eigenvalue weighted by Crippen LogP contribution is 2.47. The quantitative estimate of drug-likeness (QED) is 0.315. The van der Waals surface area contributed by atoms with E-state index in [4.69, 9.17) is 11.8 Å². The molecular formula is C29H37ClN8O5S. The van der Waals surface area contributed by atoms with Gasteiger partial charge in [0.05, 0.1) is 10.8 Å². The second-order valence-corrected chi connectivity index (χ2v) is 15.0. The monoisotopic (exact) mass is 644 g/mol. The maximum Gasteiger partial charge on any atom is 0.259 e. The molecule has 0 spiro atoms. The average Bonchev–Trinajstić information content (AvgIpc) is 3.77. The molecule has 3 N–H and O–H groups in total. The van der Waals surface area contributed by atoms with Crippen LogP contribution in [0.2, 0.25) is 0 Å². The fraction of sp³-hybridized carbons (Fsp3) is 0.586. The average molecular weight is 645 g/mol. The first-order valence-corrected chi connectivity index (χ1v) is 17.0. The number of rotatable bonds is 6. The summed E-state index contributed by atoms with van der Waals surface area (Å²) in [6.45, 7) is 1.73. The van der Waals surface area contributed by atoms with Crippen LogP contribution in [0.1, 0.15) is 70.8 Å². The number of tetrazole rings is 1. The first-order chi connectivity index (χ1) is 21.1. The van der Waals surface area contributed by atoms with Crippen molar-refractivity contribution in [3.63, 3.8) is 0 Å². The summed E-state index contributed by atoms with van der Waals surface area (Å²) in [6, 6.07) is 7.20. The van der Waals surface area contributed by atoms with E-state index in [2.05, 4.69) is 30.3 Å². The molecule has 4 aliphatic rings. The number of allylic oxidation sites excluding steroid dienone is 1. The third kappa shape index (κ3) is 5.86. The summed E-state index contributed by atoms with van der Waals surface area (Å²) in [7, 11) is -3.92. The molecule has 1 saturated heterocycles. The Morgan fingerprint density at radius 3 is 2.64 bits per heavy atom. The zero-order valence-corrected chi connectivity index (χ0v) is 26.1. The van der Waals surface area contributed by atoms with Crippen LogP contribution in [0.15, 0.2) is 42.5 Å². The van der Waals surface area contributed by atoms with Gasteiger partial charge >= 0.3 is 0 Å². The van der Waals surface area contributed by atoms with Crippen LogP contribution in [0.3, 0.4) is 0 Å². The van der Waals surface area contributed by atoms with Gasteiger partial charge in [0.1, 0.15) is 17.6 Å². The molecule has 13 nitrogen and oxygen atoms in total. The molecule has 15 heteroatoms. The van der Waals surface area contributed by atoms with Crippen molar-refractivity contribution >= 4 is 39.5 Å². The summed E-state index contributed by atoms with van der Waals surface area (Å²) >= 11 is 6.04. The van der Waals surface area contributed by atoms with Crippen LogP contribution in [-0.2, 0) is 24.4 Å². The molecule has 0 bridgehead atoms. The SMILES string of the molecule is CC1(S(=O)(=O)NC(=O)[C@@]23C[C@H]2/C=C\CCCCC[C@H](NCl)C(=O)N2C[C@H](n4nnc(-c5ccccc5)n4)C[C@H]2C(=O)N3)CC1. The van der Waals surface area contributed by atoms with Crippen molar-refractivity contribution in [3.8, 4) is 11.4 Å². The van der Waals surface area contributed by atoms with Crippen molar-refractivity contribution < 1.29 is 22.8 Å². The number of fused-ring (bicyclic) bond motifs is 2. The number of benzene rings is 1. The second-order valence-electron chi connectivity index (χ2n) is 12.6. The zero-order chi connectivity index (χ0) is 31.1. The number of amides is 3. The Bertz CT molecular complexity index is 1560. The van der Waals surface area contributed by atoms with E-state index in [1.54, 1.807) is 6.92 Å². The molecule has 44 heavy (non-hydrogen) atoms. The maximum absolute atomic E-state index is 14.0. The van der Waals surface area contributed by atoms with Crippen LogP contribution in [0, 0.1) is 5.92 Å². The maximum atomic E-state index is 14.0. The predicted molar refractivity (Wildman–Crippen MR) is 161 cm³/mol. The van der Waals surface area contributed by atoms with Crippen molar-refractivity contribution in [1.29, 1.82) is 0 Å². The lowest BCUT2D eigenvalue weighted by molar-refractivity contribution is -0.141. The van der Waals surface area contributed by atoms with Crippen LogP contribution in [0.25, 0.3) is 11.4 Å². The first-order valence-electron chi connectivity index (χ1n) is 15.1. The first kappa shape index (κ1) is 30.7. The molecule has 1 aromatic heterocycles. The van der Waals surface area contributed by atoms with Crippen LogP contribution in [0.5, 0.6) is 0 Å². The summed E-state index contributed by atoms with van der Waals surface area (Å²) in [6.07, 6.45) is 8.99. The van der Waals surface area contributed by atoms with Crippen molar-refractivity contribution in [1.82, 2.24) is 40.0 Å². The van der Waals surface area contributed by atoms with Gasteiger partial charge in [-0.15, -0.1) is 10.2 Å². The van der Waals surface area contributed by atoms with Gasteiger partial charge < -0.3 is 10.2 Å². The highest BCUT2D eigenvalue weighted by atomic mass is 35.5. The van der Waals surface area contributed by atoms with Crippen molar-refractivity contribution in [2.45, 2.75) is 93.1 Å². The molecule has 5 atom stereocenters. The van der Waals surface area contributed by atoms with Gasteiger partial charge in [-0.1, -0.05) is 55.3 Å². The number of nitrogens with zero attached hydrogens (tertiary/aromatic N) is 5. The van der Waals surface area contributed by atoms with Gasteiger partial charge in [0.2, 0.25) is 27.7 Å². The molecule has 3 heterocycles. The Kier molecular flexibility index (Phi) is 8.26. The Balaban J connectivity index is 1.29. The summed E-state index contributed by atoms with van der Waals surface area (Å²) in [5, 5.41) is 15.8. The highest BCUT2D eigenvalue weighted by molar-refractivity contribution is 7.91. The number of nitrogens with one attached hydrogen (secondary N) is 3. The standard InChI is InChI=1S/C29H37ClN8O5S/c1-28(14-15-28)44(42,43)35-27(41)29-17-20(29)12-8-3-2-4-9-13-22(32-30)26(40)37-18-21(16-23(37)25(39)31-29)38-34-24(33-36-38)19-10-6-5-7-11-19/h5-8,10-12,20-23,32H,2-4,9,13-18H2,1H3,(H,31,39)(H,35,41)/b12-8-/t20-,21-,22+,23+,29-/m1/s1. The number of carbonyl (C=O) groups excluding carboxylic acids is 3. The molecule has 2 aliphatic heterocycles. The summed E-state index contributed by atoms with van der Waals surface area (Å²) in [5.41, 5.74) is -0.655. The third-order valence-corrected chi connectivity index (χ3v) is 11.8. The number of hydrogen-bond donors (Lipinski definition) is 3. The van der Waals surface area contributed by atoms with Gasteiger partial charge in [-0.25, -0.2) is 13.3 Å². The number of sulfonamides is 1. The summed E-state index contributed by atoms with van der Waals surface area (Å²) in [5.74, 6) is -1.60. The third-order valence-electron chi connectivity index (χ3n) is 9.41. The lowest BCUT2D eigenvalue weighted by atomic mass is 10.1. The van der Waals surface area contributed by atoms with Gasteiger partial charge in [0, 0.05) is 24.4 Å². The molecule has 236 valence electrons. The lowest BCUT2D eigenvalue weighted by Crippen LogP contribution is -2.58. The van der Waals surface area contributed by atoms with Crippen molar-refractivity contribution in [2.75, 3.05) is 6.54 Å². The molecule has 2 saturated carbocycles. The summed E-state index contributed by atoms with van der Waals surface area (Å²) < 4.78 is 27.2. The van der Waals surface area contributed by atoms with E-state index < -0.39 is 50.2 Å². The van der Waals surface area contributed by atoms with E-state index >= 15 is 0 Å². The number of carbonyl (C=O) groups is 3. The largest absolute Gasteiger partial charge is 0.339 e. The van der Waals surface area contributed by atoms with E-state index in [0.29, 0.717) is 25.1 Å². The van der Waals surface area contributed by atoms with E-state index in [1.165, 1.54) is 9.70 Å². The Morgan fingerprint density at radius 1 is 1.14 bits per heavy atom. The Hall–Kier alpha value is -3.36. The molecule has 1 aromatic carbocycles. The van der Waals surface area contributed by atoms with E-state index in [1.807, 2.05) is 42.5 Å². The Labute approximate surface area is 261 Å². The normalized spacial score (nSPS) is 31.1. The van der Waals surface area contributed by atoms with Gasteiger partial charge in [-0.05, 0) is 62.4 Å². The van der Waals surface area contributed by atoms with Crippen LogP contribution in [-0.4, -0.2) is 80.2 Å². The Morgan fingerprint density at radius 2 is 1.91 bits per heavy atom. The van der Waals surface area contributed by atoms with Crippen molar-refractivity contribution in [2.24, 2.45) is 5.92 Å². The van der Waals surface area contributed by atoms with Gasteiger partial charge in [-0.2, -0.15) is 4.80 Å². The zero-order valence-electron chi connectivity index (χ0n) is 24.5. The molecule has 6 rings (SSSR count). The van der Waals surface area contributed by atoms with Crippen molar-refractivity contribution in [3.05, 3.63) is 42.5 Å². The molecule has 3 fully saturated rings. The van der Waals surface area contributed by atoms with E-state index in [9.17, 15) is 22.8 Å². The fourth-order valence-corrected chi connectivity index (χ4v) is 7.61. The fourth-order valence-electron chi connectivity index (χ4n) is 6.09. The van der Waals surface area contributed by atoms with E-state index in [0.717, 1.165) is 31.2 Å². The molecule has 2 aromatic rings. The van der Waals surface area contributed by atoms with Crippen LogP contribution in [0.4, 0.5) is 0 Å². The number of hydrogen-bond acceptors (Lipinski definition) is 9. The van der Waals surface area contributed by atoms with E-state index in [-0.39, 0.29) is 31.2 Å². The van der Waals surface area contributed by atoms with Gasteiger partial charge in [-0.3, -0.25) is 19.1 Å². The highest BCUT2D eigenvalue weighted by Gasteiger charge is 2.63. The minimum Gasteiger partial charge on any atom is -0.339 e. The van der Waals surface area contributed by atoms with Gasteiger partial charge in [0.25, 0.3) is 5.91 Å². The van der Waals surface area contributed by atoms with Crippen LogP contribution < -0.4 is 14.9 Å². The minimum absolute atomic E-state index is 0.131. The van der Waals surface area contributed by atoms with Crippen LogP contribution >= 0.6 is 11.8 Å². The minimum atomic E-state index is -3.92. The second kappa shape index (κ2) is 11.9. The predicted octanol–water partition coefficient (Wildman–Crippen LogP) is 1.99. The topological polar surface area (TPSA) is 168 Å². The van der Waals surface area contributed by atoms with Gasteiger partial charge in [0.15, 0.2) is 0 Å². The molecule has 0 radical (unpaired) electrons. The molecule has 2 aliphatic carbocycles. The number of aromatic nitrogens is 4. The lowest BCUT2D eigenvalue weighted by Gasteiger charge is -2.29.